The third kappa shape index (κ3) is 5.41. The first-order chi connectivity index (χ1) is 13.5. The van der Waals surface area contributed by atoms with Crippen LogP contribution in [0.5, 0.6) is 5.75 Å². The molecule has 2 amide bonds. The molecule has 28 heavy (non-hydrogen) atoms. The molecule has 0 aliphatic carbocycles. The molecule has 0 atom stereocenters. The van der Waals surface area contributed by atoms with Crippen molar-refractivity contribution in [3.63, 3.8) is 0 Å². The predicted octanol–water partition coefficient (Wildman–Crippen LogP) is 2.01. The van der Waals surface area contributed by atoms with E-state index in [1.807, 2.05) is 29.2 Å². The zero-order chi connectivity index (χ0) is 19.9. The number of aryl methyl sites for hydroxylation is 1. The van der Waals surface area contributed by atoms with Crippen LogP contribution in [0.1, 0.15) is 5.76 Å². The number of nitrogens with zero attached hydrogens (tertiary/aromatic N) is 3. The van der Waals surface area contributed by atoms with E-state index in [0.29, 0.717) is 24.7 Å². The summed E-state index contributed by atoms with van der Waals surface area (Å²) in [5.41, 5.74) is 1.10. The van der Waals surface area contributed by atoms with Crippen molar-refractivity contribution in [1.29, 1.82) is 0 Å². The molecular weight excluding hydrogens is 380 g/mol. The number of hydrogen-bond acceptors (Lipinski definition) is 7. The van der Waals surface area contributed by atoms with Crippen LogP contribution >= 0.6 is 11.8 Å². The van der Waals surface area contributed by atoms with E-state index in [9.17, 15) is 9.59 Å². The first-order valence-electron chi connectivity index (χ1n) is 9.03. The minimum atomic E-state index is -0.200. The number of anilines is 2. The third-order valence-corrected chi connectivity index (χ3v) is 5.32. The first kappa shape index (κ1) is 20.1. The van der Waals surface area contributed by atoms with Crippen LogP contribution in [0.15, 0.2) is 34.9 Å². The molecule has 3 rings (SSSR count). The number of carbonyl (C=O) groups is 2. The zero-order valence-corrected chi connectivity index (χ0v) is 16.8. The van der Waals surface area contributed by atoms with E-state index in [2.05, 4.69) is 15.4 Å². The van der Waals surface area contributed by atoms with Crippen molar-refractivity contribution in [2.45, 2.75) is 6.92 Å². The van der Waals surface area contributed by atoms with Crippen molar-refractivity contribution in [2.24, 2.45) is 0 Å². The molecule has 0 spiro atoms. The molecule has 0 saturated carbocycles. The average Bonchev–Trinajstić information content (AvgIpc) is 3.12. The van der Waals surface area contributed by atoms with Gasteiger partial charge in [0.2, 0.25) is 11.8 Å². The van der Waals surface area contributed by atoms with Crippen molar-refractivity contribution < 1.29 is 18.8 Å². The SMILES string of the molecule is COc1cccc(N2CCN(C(=O)CSCC(=O)Nc3cc(C)on3)CC2)c1. The number of methoxy groups -OCH3 is 1. The van der Waals surface area contributed by atoms with Gasteiger partial charge in [0.25, 0.3) is 0 Å². The number of benzene rings is 1. The highest BCUT2D eigenvalue weighted by molar-refractivity contribution is 8.00. The zero-order valence-electron chi connectivity index (χ0n) is 16.0. The number of hydrogen-bond donors (Lipinski definition) is 1. The van der Waals surface area contributed by atoms with E-state index in [1.165, 1.54) is 11.8 Å². The summed E-state index contributed by atoms with van der Waals surface area (Å²) in [5, 5.41) is 6.35. The quantitative estimate of drug-likeness (QED) is 0.755. The molecule has 2 heterocycles. The molecule has 1 N–H and O–H groups in total. The Morgan fingerprint density at radius 3 is 2.68 bits per heavy atom. The van der Waals surface area contributed by atoms with Crippen molar-refractivity contribution in [2.75, 3.05) is 55.0 Å². The van der Waals surface area contributed by atoms with Gasteiger partial charge in [0.15, 0.2) is 5.82 Å². The molecule has 1 aliphatic rings. The maximum atomic E-state index is 12.4. The molecule has 1 aliphatic heterocycles. The molecule has 0 unspecified atom stereocenters. The summed E-state index contributed by atoms with van der Waals surface area (Å²) in [5.74, 6) is 2.18. The second-order valence-electron chi connectivity index (χ2n) is 6.43. The number of rotatable bonds is 7. The minimum Gasteiger partial charge on any atom is -0.497 e. The lowest BCUT2D eigenvalue weighted by molar-refractivity contribution is -0.128. The molecule has 1 aromatic carbocycles. The van der Waals surface area contributed by atoms with E-state index in [-0.39, 0.29) is 23.3 Å². The van der Waals surface area contributed by atoms with Crippen LogP contribution in [0.4, 0.5) is 11.5 Å². The van der Waals surface area contributed by atoms with Gasteiger partial charge in [-0.25, -0.2) is 0 Å². The van der Waals surface area contributed by atoms with E-state index < -0.39 is 0 Å². The second kappa shape index (κ2) is 9.50. The Balaban J connectivity index is 1.38. The Hall–Kier alpha value is -2.68. The van der Waals surface area contributed by atoms with Gasteiger partial charge in [-0.3, -0.25) is 9.59 Å². The third-order valence-electron chi connectivity index (χ3n) is 4.40. The van der Waals surface area contributed by atoms with Crippen LogP contribution in [-0.2, 0) is 9.59 Å². The maximum absolute atomic E-state index is 12.4. The Labute approximate surface area is 168 Å². The summed E-state index contributed by atoms with van der Waals surface area (Å²) < 4.78 is 10.2. The Bertz CT molecular complexity index is 818. The van der Waals surface area contributed by atoms with E-state index in [1.54, 1.807) is 20.1 Å². The lowest BCUT2D eigenvalue weighted by Gasteiger charge is -2.36. The number of thioether (sulfide) groups is 1. The van der Waals surface area contributed by atoms with Crippen LogP contribution in [0.3, 0.4) is 0 Å². The fourth-order valence-corrected chi connectivity index (χ4v) is 3.66. The molecule has 1 aromatic heterocycles. The predicted molar refractivity (Wildman–Crippen MR) is 109 cm³/mol. The van der Waals surface area contributed by atoms with Gasteiger partial charge in [-0.05, 0) is 19.1 Å². The van der Waals surface area contributed by atoms with Crippen LogP contribution in [0.25, 0.3) is 0 Å². The molecule has 8 nitrogen and oxygen atoms in total. The van der Waals surface area contributed by atoms with Crippen LogP contribution in [0, 0.1) is 6.92 Å². The summed E-state index contributed by atoms with van der Waals surface area (Å²) >= 11 is 1.30. The summed E-state index contributed by atoms with van der Waals surface area (Å²) in [6.07, 6.45) is 0. The van der Waals surface area contributed by atoms with E-state index in [0.717, 1.165) is 24.5 Å². The number of aromatic nitrogens is 1. The van der Waals surface area contributed by atoms with Gasteiger partial charge in [-0.1, -0.05) is 11.2 Å². The van der Waals surface area contributed by atoms with Gasteiger partial charge in [-0.15, -0.1) is 11.8 Å². The highest BCUT2D eigenvalue weighted by Gasteiger charge is 2.21. The average molecular weight is 404 g/mol. The standard InChI is InChI=1S/C19H24N4O4S/c1-14-10-17(21-27-14)20-18(24)12-28-13-19(25)23-8-6-22(7-9-23)15-4-3-5-16(11-15)26-2/h3-5,10-11H,6-9,12-13H2,1-2H3,(H,20,21,24). The van der Waals surface area contributed by atoms with Crippen LogP contribution in [0.2, 0.25) is 0 Å². The van der Waals surface area contributed by atoms with Gasteiger partial charge >= 0.3 is 0 Å². The Morgan fingerprint density at radius 2 is 2.00 bits per heavy atom. The summed E-state index contributed by atoms with van der Waals surface area (Å²) in [7, 11) is 1.65. The van der Waals surface area contributed by atoms with Gasteiger partial charge in [0, 0.05) is 44.0 Å². The molecule has 1 saturated heterocycles. The molecule has 2 aromatic rings. The van der Waals surface area contributed by atoms with Gasteiger partial charge in [0.1, 0.15) is 11.5 Å². The fourth-order valence-electron chi connectivity index (χ4n) is 2.95. The number of carbonyl (C=O) groups excluding carboxylic acids is 2. The molecule has 0 radical (unpaired) electrons. The Kier molecular flexibility index (Phi) is 6.80. The molecule has 1 fully saturated rings. The molecule has 9 heteroatoms. The molecular formula is C19H24N4O4S. The smallest absolute Gasteiger partial charge is 0.235 e. The topological polar surface area (TPSA) is 87.9 Å². The number of piperazine rings is 1. The lowest BCUT2D eigenvalue weighted by Crippen LogP contribution is -2.49. The summed E-state index contributed by atoms with van der Waals surface area (Å²) in [6, 6.07) is 9.58. The van der Waals surface area contributed by atoms with Crippen molar-refractivity contribution in [3.8, 4) is 5.75 Å². The number of nitrogens with one attached hydrogen (secondary N) is 1. The number of ether oxygens (including phenoxy) is 1. The van der Waals surface area contributed by atoms with Gasteiger partial charge in [0.05, 0.1) is 18.6 Å². The minimum absolute atomic E-state index is 0.0559. The summed E-state index contributed by atoms with van der Waals surface area (Å²) in [6.45, 7) is 4.64. The number of amides is 2. The molecule has 0 bridgehead atoms. The lowest BCUT2D eigenvalue weighted by atomic mass is 10.2. The first-order valence-corrected chi connectivity index (χ1v) is 10.2. The monoisotopic (exact) mass is 404 g/mol. The van der Waals surface area contributed by atoms with Crippen molar-refractivity contribution >= 4 is 35.1 Å². The second-order valence-corrected chi connectivity index (χ2v) is 7.42. The Morgan fingerprint density at radius 1 is 1.21 bits per heavy atom. The highest BCUT2D eigenvalue weighted by atomic mass is 32.2. The van der Waals surface area contributed by atoms with E-state index in [4.69, 9.17) is 9.26 Å². The largest absolute Gasteiger partial charge is 0.497 e. The van der Waals surface area contributed by atoms with Gasteiger partial charge in [-0.2, -0.15) is 0 Å². The van der Waals surface area contributed by atoms with Crippen LogP contribution < -0.4 is 15.0 Å². The van der Waals surface area contributed by atoms with Crippen molar-refractivity contribution in [1.82, 2.24) is 10.1 Å². The fraction of sp³-hybridized carbons (Fsp3) is 0.421. The van der Waals surface area contributed by atoms with Crippen LogP contribution in [-0.4, -0.2) is 66.7 Å². The summed E-state index contributed by atoms with van der Waals surface area (Å²) in [4.78, 5) is 28.4. The maximum Gasteiger partial charge on any atom is 0.235 e. The molecule has 150 valence electrons. The van der Waals surface area contributed by atoms with E-state index >= 15 is 0 Å². The normalized spacial score (nSPS) is 14.1. The van der Waals surface area contributed by atoms with Gasteiger partial charge < -0.3 is 24.4 Å². The highest BCUT2D eigenvalue weighted by Crippen LogP contribution is 2.22. The van der Waals surface area contributed by atoms with Crippen molar-refractivity contribution in [3.05, 3.63) is 36.1 Å².